The van der Waals surface area contributed by atoms with Crippen LogP contribution in [0.4, 0.5) is 35.2 Å². The third kappa shape index (κ3) is 9.42. The van der Waals surface area contributed by atoms with Crippen LogP contribution in [0.1, 0.15) is 18.7 Å². The molecule has 0 aliphatic heterocycles. The van der Waals surface area contributed by atoms with E-state index in [-0.39, 0.29) is 31.0 Å². The maximum atomic E-state index is 11.1. The Balaban J connectivity index is 1.54. The zero-order valence-electron chi connectivity index (χ0n) is 22.4. The van der Waals surface area contributed by atoms with Crippen LogP contribution in [0.2, 0.25) is 0 Å². The predicted molar refractivity (Wildman–Crippen MR) is 155 cm³/mol. The fraction of sp³-hybridized carbons (Fsp3) is 0.360. The Hall–Kier alpha value is -4.25. The summed E-state index contributed by atoms with van der Waals surface area (Å²) in [5.74, 6) is 1.13. The molecule has 0 unspecified atom stereocenters. The molecular formula is C25H32N10O5S. The van der Waals surface area contributed by atoms with Gasteiger partial charge in [-0.05, 0) is 31.9 Å². The molecule has 2 aromatic carbocycles. The summed E-state index contributed by atoms with van der Waals surface area (Å²) in [7, 11) is -4.16. The zero-order valence-corrected chi connectivity index (χ0v) is 23.2. The minimum atomic E-state index is -4.16. The molecule has 0 aliphatic carbocycles. The van der Waals surface area contributed by atoms with Gasteiger partial charge >= 0.3 is 0 Å². The topological polar surface area (TPSA) is 209 Å². The first-order valence-electron chi connectivity index (χ1n) is 12.9. The maximum Gasteiger partial charge on any atom is 0.266 e. The van der Waals surface area contributed by atoms with Gasteiger partial charge in [0.25, 0.3) is 10.1 Å². The Morgan fingerprint density at radius 3 is 2.02 bits per heavy atom. The summed E-state index contributed by atoms with van der Waals surface area (Å²) >= 11 is 0. The van der Waals surface area contributed by atoms with Crippen LogP contribution >= 0.6 is 0 Å². The number of rotatable bonds is 16. The van der Waals surface area contributed by atoms with E-state index in [0.29, 0.717) is 44.4 Å². The predicted octanol–water partition coefficient (Wildman–Crippen LogP) is 2.51. The molecule has 0 fully saturated rings. The van der Waals surface area contributed by atoms with Crippen LogP contribution < -0.4 is 21.3 Å². The van der Waals surface area contributed by atoms with E-state index < -0.39 is 15.9 Å². The average molecular weight is 585 g/mol. The van der Waals surface area contributed by atoms with Crippen molar-refractivity contribution in [2.75, 3.05) is 59.9 Å². The van der Waals surface area contributed by atoms with E-state index in [4.69, 9.17) is 14.4 Å². The van der Waals surface area contributed by atoms with Crippen LogP contribution in [0.3, 0.4) is 0 Å². The maximum absolute atomic E-state index is 11.1. The normalized spacial score (nSPS) is 11.4. The van der Waals surface area contributed by atoms with Crippen molar-refractivity contribution in [2.24, 2.45) is 0 Å². The summed E-state index contributed by atoms with van der Waals surface area (Å²) in [6.07, 6.45) is 2.70. The number of hydrogen-bond donors (Lipinski definition) is 6. The third-order valence-electron chi connectivity index (χ3n) is 5.58. The highest BCUT2D eigenvalue weighted by atomic mass is 32.2. The van der Waals surface area contributed by atoms with Crippen molar-refractivity contribution in [3.05, 3.63) is 48.5 Å². The van der Waals surface area contributed by atoms with Crippen LogP contribution in [-0.2, 0) is 14.9 Å². The number of aliphatic hydroxyl groups is 1. The molecule has 6 N–H and O–H groups in total. The minimum absolute atomic E-state index is 0.0830. The number of hydrogen-bond acceptors (Lipinski definition) is 14. The van der Waals surface area contributed by atoms with Crippen LogP contribution in [0.25, 0.3) is 10.8 Å². The molecular weight excluding hydrogens is 552 g/mol. The van der Waals surface area contributed by atoms with Gasteiger partial charge in [-0.2, -0.15) is 28.4 Å². The van der Waals surface area contributed by atoms with Gasteiger partial charge in [0, 0.05) is 55.1 Å². The lowest BCUT2D eigenvalue weighted by Gasteiger charge is -2.14. The highest BCUT2D eigenvalue weighted by molar-refractivity contribution is 7.85. The first-order chi connectivity index (χ1) is 19.8. The lowest BCUT2D eigenvalue weighted by molar-refractivity contribution is 0.116. The molecule has 4 rings (SSSR count). The number of nitrogens with one attached hydrogen (secondary N) is 4. The molecule has 15 nitrogen and oxygen atoms in total. The molecule has 0 saturated heterocycles. The van der Waals surface area contributed by atoms with Crippen molar-refractivity contribution in [2.45, 2.75) is 19.8 Å². The molecule has 218 valence electrons. The van der Waals surface area contributed by atoms with Gasteiger partial charge in [-0.25, -0.2) is 9.97 Å². The lowest BCUT2D eigenvalue weighted by Crippen LogP contribution is -2.18. The number of fused-ring (bicyclic) bond motifs is 1. The Morgan fingerprint density at radius 1 is 0.780 bits per heavy atom. The molecule has 0 radical (unpaired) electrons. The molecule has 0 bridgehead atoms. The van der Waals surface area contributed by atoms with Crippen molar-refractivity contribution in [1.29, 1.82) is 0 Å². The number of ether oxygens (including phenoxy) is 1. The van der Waals surface area contributed by atoms with Crippen molar-refractivity contribution in [3.8, 4) is 0 Å². The highest BCUT2D eigenvalue weighted by Crippen LogP contribution is 2.32. The van der Waals surface area contributed by atoms with E-state index in [1.807, 2.05) is 36.4 Å². The summed E-state index contributed by atoms with van der Waals surface area (Å²) in [4.78, 5) is 25.7. The van der Waals surface area contributed by atoms with Crippen molar-refractivity contribution in [1.82, 2.24) is 29.9 Å². The quantitative estimate of drug-likeness (QED) is 0.0825. The van der Waals surface area contributed by atoms with Gasteiger partial charge in [0.2, 0.25) is 23.8 Å². The molecule has 16 heteroatoms. The summed E-state index contributed by atoms with van der Waals surface area (Å²) in [6, 6.07) is 11.5. The van der Waals surface area contributed by atoms with Crippen LogP contribution in [0.5, 0.6) is 0 Å². The molecule has 0 spiro atoms. The van der Waals surface area contributed by atoms with E-state index in [1.165, 1.54) is 6.33 Å². The van der Waals surface area contributed by atoms with Crippen LogP contribution in [-0.4, -0.2) is 86.6 Å². The highest BCUT2D eigenvalue weighted by Gasteiger charge is 2.12. The summed E-state index contributed by atoms with van der Waals surface area (Å²) in [5, 5.41) is 23.0. The van der Waals surface area contributed by atoms with Crippen LogP contribution in [0, 0.1) is 6.92 Å². The van der Waals surface area contributed by atoms with Gasteiger partial charge in [-0.15, -0.1) is 0 Å². The molecule has 0 aliphatic rings. The first-order valence-corrected chi connectivity index (χ1v) is 14.5. The largest absolute Gasteiger partial charge is 0.396 e. The first kappa shape index (κ1) is 29.7. The van der Waals surface area contributed by atoms with Gasteiger partial charge in [0.1, 0.15) is 12.2 Å². The standard InChI is InChI=1S/C25H32N10O5S/c1-17-28-16-29-24(30-17)31-20-8-9-21(19-7-3-2-6-18(19)20)32-25-34-22(26-10-4-13-40-14-5-12-36)33-23(35-25)27-11-15-41(37,38)39/h2-3,6-9,16,36H,4-5,10-15H2,1H3,(H,37,38,39)(H,28,29,30,31)(H3,26,27,32,33,34,35). The van der Waals surface area contributed by atoms with Gasteiger partial charge in [-0.1, -0.05) is 24.3 Å². The molecule has 0 atom stereocenters. The fourth-order valence-electron chi connectivity index (χ4n) is 3.72. The van der Waals surface area contributed by atoms with Gasteiger partial charge in [-0.3, -0.25) is 4.55 Å². The molecule has 41 heavy (non-hydrogen) atoms. The molecule has 2 heterocycles. The number of aliphatic hydroxyl groups excluding tert-OH is 1. The fourth-order valence-corrected chi connectivity index (χ4v) is 4.08. The summed E-state index contributed by atoms with van der Waals surface area (Å²) in [5.41, 5.74) is 1.51. The number of anilines is 6. The Labute approximate surface area is 237 Å². The van der Waals surface area contributed by atoms with Gasteiger partial charge in [0.15, 0.2) is 0 Å². The second-order valence-electron chi connectivity index (χ2n) is 8.80. The average Bonchev–Trinajstić information content (AvgIpc) is 2.93. The van der Waals surface area contributed by atoms with Crippen molar-refractivity contribution < 1.29 is 22.8 Å². The molecule has 2 aromatic heterocycles. The van der Waals surface area contributed by atoms with Gasteiger partial charge < -0.3 is 31.1 Å². The Bertz CT molecular complexity index is 1560. The zero-order chi connectivity index (χ0) is 29.1. The van der Waals surface area contributed by atoms with Crippen molar-refractivity contribution in [3.63, 3.8) is 0 Å². The van der Waals surface area contributed by atoms with Crippen LogP contribution in [0.15, 0.2) is 42.7 Å². The van der Waals surface area contributed by atoms with E-state index in [2.05, 4.69) is 51.2 Å². The number of benzene rings is 2. The van der Waals surface area contributed by atoms with Crippen molar-refractivity contribution >= 4 is 56.1 Å². The summed E-state index contributed by atoms with van der Waals surface area (Å²) in [6.45, 7) is 3.26. The number of aryl methyl sites for hydroxylation is 1. The van der Waals surface area contributed by atoms with E-state index >= 15 is 0 Å². The van der Waals surface area contributed by atoms with E-state index in [9.17, 15) is 8.42 Å². The number of aromatic nitrogens is 6. The minimum Gasteiger partial charge on any atom is -0.396 e. The van der Waals surface area contributed by atoms with E-state index in [0.717, 1.165) is 22.1 Å². The second-order valence-corrected chi connectivity index (χ2v) is 10.4. The molecule has 0 saturated carbocycles. The molecule has 4 aromatic rings. The SMILES string of the molecule is Cc1ncnc(Nc2ccc(Nc3nc(NCCCOCCCO)nc(NCCS(=O)(=O)O)n3)c3ccccc23)n1. The smallest absolute Gasteiger partial charge is 0.266 e. The summed E-state index contributed by atoms with van der Waals surface area (Å²) < 4.78 is 36.8. The monoisotopic (exact) mass is 584 g/mol. The Morgan fingerprint density at radius 2 is 1.39 bits per heavy atom. The molecule has 0 amide bonds. The number of nitrogens with zero attached hydrogens (tertiary/aromatic N) is 6. The second kappa shape index (κ2) is 14.4. The van der Waals surface area contributed by atoms with E-state index in [1.54, 1.807) is 6.92 Å². The Kier molecular flexibility index (Phi) is 10.4. The van der Waals surface area contributed by atoms with Gasteiger partial charge in [0.05, 0.1) is 5.75 Å². The lowest BCUT2D eigenvalue weighted by atomic mass is 10.1. The third-order valence-corrected chi connectivity index (χ3v) is 6.30.